The van der Waals surface area contributed by atoms with Crippen molar-refractivity contribution in [2.24, 2.45) is 0 Å². The number of nitrogens with one attached hydrogen (secondary N) is 2. The lowest BCUT2D eigenvalue weighted by atomic mass is 10.0. The lowest BCUT2D eigenvalue weighted by Gasteiger charge is -2.37. The largest absolute Gasteiger partial charge is 0.496 e. The molecule has 1 fully saturated rings. The number of benzene rings is 1. The highest BCUT2D eigenvalue weighted by Gasteiger charge is 2.29. The number of hydrogen-bond donors (Lipinski definition) is 2. The van der Waals surface area contributed by atoms with Gasteiger partial charge < -0.3 is 20.3 Å². The van der Waals surface area contributed by atoms with Gasteiger partial charge in [0.05, 0.1) is 19.7 Å². The second-order valence-electron chi connectivity index (χ2n) is 5.95. The summed E-state index contributed by atoms with van der Waals surface area (Å²) in [5.41, 5.74) is 1.24. The Balaban J connectivity index is 0.00000196. The van der Waals surface area contributed by atoms with Crippen molar-refractivity contribution in [3.05, 3.63) is 59.9 Å². The van der Waals surface area contributed by atoms with Crippen LogP contribution in [0, 0.1) is 0 Å². The van der Waals surface area contributed by atoms with E-state index in [0.717, 1.165) is 11.3 Å². The molecule has 3 rings (SSSR count). The first-order chi connectivity index (χ1) is 12.7. The quantitative estimate of drug-likeness (QED) is 0.761. The summed E-state index contributed by atoms with van der Waals surface area (Å²) in [7, 11) is 1.62. The number of aromatic nitrogens is 1. The highest BCUT2D eigenvalue weighted by atomic mass is 35.5. The van der Waals surface area contributed by atoms with Crippen LogP contribution >= 0.6 is 24.8 Å². The first-order valence-corrected chi connectivity index (χ1v) is 8.53. The number of ether oxygens (including phenoxy) is 1. The molecule has 0 radical (unpaired) electrons. The van der Waals surface area contributed by atoms with Crippen LogP contribution in [0.25, 0.3) is 0 Å². The van der Waals surface area contributed by atoms with Crippen LogP contribution in [0.4, 0.5) is 0 Å². The topological polar surface area (TPSA) is 83.6 Å². The van der Waals surface area contributed by atoms with E-state index < -0.39 is 0 Å². The third kappa shape index (κ3) is 5.58. The van der Waals surface area contributed by atoms with Gasteiger partial charge in [-0.05, 0) is 18.2 Å². The van der Waals surface area contributed by atoms with E-state index in [2.05, 4.69) is 15.6 Å². The summed E-state index contributed by atoms with van der Waals surface area (Å²) in [4.78, 5) is 30.6. The first kappa shape index (κ1) is 23.7. The predicted octanol–water partition coefficient (Wildman–Crippen LogP) is 1.84. The summed E-state index contributed by atoms with van der Waals surface area (Å²) >= 11 is 0. The van der Waals surface area contributed by atoms with Crippen LogP contribution in [0.1, 0.15) is 22.1 Å². The van der Waals surface area contributed by atoms with Crippen molar-refractivity contribution in [1.29, 1.82) is 0 Å². The van der Waals surface area contributed by atoms with Gasteiger partial charge in [-0.15, -0.1) is 24.8 Å². The number of methoxy groups -OCH3 is 1. The third-order valence-electron chi connectivity index (χ3n) is 4.36. The zero-order valence-corrected chi connectivity index (χ0v) is 17.1. The van der Waals surface area contributed by atoms with Gasteiger partial charge in [-0.1, -0.05) is 24.3 Å². The molecular formula is C19H24Cl2N4O3. The van der Waals surface area contributed by atoms with E-state index in [1.807, 2.05) is 24.3 Å². The second-order valence-corrected chi connectivity index (χ2v) is 5.95. The monoisotopic (exact) mass is 426 g/mol. The molecule has 2 amide bonds. The van der Waals surface area contributed by atoms with Crippen molar-refractivity contribution in [3.63, 3.8) is 0 Å². The normalized spacial score (nSPS) is 15.6. The Morgan fingerprint density at radius 2 is 1.96 bits per heavy atom. The smallest absolute Gasteiger partial charge is 0.270 e. The number of hydrogen-bond acceptors (Lipinski definition) is 5. The third-order valence-corrected chi connectivity index (χ3v) is 4.36. The van der Waals surface area contributed by atoms with E-state index in [9.17, 15) is 9.59 Å². The number of para-hydroxylation sites is 1. The van der Waals surface area contributed by atoms with E-state index in [1.54, 1.807) is 36.4 Å². The van der Waals surface area contributed by atoms with Gasteiger partial charge in [-0.2, -0.15) is 0 Å². The summed E-state index contributed by atoms with van der Waals surface area (Å²) < 4.78 is 5.44. The maximum absolute atomic E-state index is 12.7. The Morgan fingerprint density at radius 1 is 1.21 bits per heavy atom. The Morgan fingerprint density at radius 3 is 2.68 bits per heavy atom. The number of pyridine rings is 1. The average Bonchev–Trinajstić information content (AvgIpc) is 2.72. The van der Waals surface area contributed by atoms with Crippen LogP contribution in [0.2, 0.25) is 0 Å². The molecule has 0 saturated carbocycles. The molecule has 1 saturated heterocycles. The molecule has 1 atom stereocenters. The number of piperazine rings is 1. The molecule has 1 aliphatic heterocycles. The van der Waals surface area contributed by atoms with Crippen molar-refractivity contribution in [1.82, 2.24) is 20.5 Å². The van der Waals surface area contributed by atoms with Gasteiger partial charge in [0.25, 0.3) is 5.91 Å². The van der Waals surface area contributed by atoms with E-state index in [-0.39, 0.29) is 49.2 Å². The van der Waals surface area contributed by atoms with Gasteiger partial charge in [0.1, 0.15) is 11.4 Å². The molecule has 2 aromatic rings. The maximum atomic E-state index is 12.7. The first-order valence-electron chi connectivity index (χ1n) is 8.53. The molecule has 9 heteroatoms. The number of amides is 2. The minimum Gasteiger partial charge on any atom is -0.496 e. The van der Waals surface area contributed by atoms with Crippen LogP contribution in [-0.2, 0) is 4.79 Å². The van der Waals surface area contributed by atoms with Crippen LogP contribution in [0.3, 0.4) is 0 Å². The lowest BCUT2D eigenvalue weighted by Crippen LogP contribution is -2.51. The van der Waals surface area contributed by atoms with Gasteiger partial charge >= 0.3 is 0 Å². The molecule has 2 N–H and O–H groups in total. The Hall–Kier alpha value is -2.35. The second kappa shape index (κ2) is 11.5. The number of carbonyl (C=O) groups is 2. The van der Waals surface area contributed by atoms with E-state index in [1.165, 1.54) is 0 Å². The standard InChI is InChI=1S/C19H22N4O3.2ClH/c1-26-17-8-3-2-6-14(17)16-12-20-10-11-23(16)18(24)13-22-19(25)15-7-4-5-9-21-15;;/h2-9,16,20H,10-13H2,1H3,(H,22,25);2*1H. The minimum atomic E-state index is -0.358. The Kier molecular flexibility index (Phi) is 9.72. The SMILES string of the molecule is COc1ccccc1C1CNCCN1C(=O)CNC(=O)c1ccccn1.Cl.Cl. The van der Waals surface area contributed by atoms with E-state index >= 15 is 0 Å². The Bertz CT molecular complexity index is 777. The summed E-state index contributed by atoms with van der Waals surface area (Å²) in [6.07, 6.45) is 1.55. The molecule has 1 aromatic heterocycles. The number of nitrogens with zero attached hydrogens (tertiary/aromatic N) is 2. The number of rotatable bonds is 5. The fourth-order valence-electron chi connectivity index (χ4n) is 3.07. The zero-order chi connectivity index (χ0) is 18.4. The molecule has 1 aromatic carbocycles. The van der Waals surface area contributed by atoms with Crippen molar-refractivity contribution in [2.75, 3.05) is 33.3 Å². The highest BCUT2D eigenvalue weighted by molar-refractivity contribution is 5.94. The molecule has 1 unspecified atom stereocenters. The van der Waals surface area contributed by atoms with Crippen LogP contribution in [0.15, 0.2) is 48.7 Å². The van der Waals surface area contributed by atoms with Gasteiger partial charge in [-0.25, -0.2) is 0 Å². The highest BCUT2D eigenvalue weighted by Crippen LogP contribution is 2.30. The van der Waals surface area contributed by atoms with Crippen LogP contribution < -0.4 is 15.4 Å². The zero-order valence-electron chi connectivity index (χ0n) is 15.5. The van der Waals surface area contributed by atoms with Gasteiger partial charge in [0.2, 0.25) is 5.91 Å². The summed E-state index contributed by atoms with van der Waals surface area (Å²) in [5, 5.41) is 5.97. The Labute approximate surface area is 176 Å². The average molecular weight is 427 g/mol. The van der Waals surface area contributed by atoms with Crippen molar-refractivity contribution in [2.45, 2.75) is 6.04 Å². The van der Waals surface area contributed by atoms with E-state index in [4.69, 9.17) is 4.74 Å². The fourth-order valence-corrected chi connectivity index (χ4v) is 3.07. The van der Waals surface area contributed by atoms with Gasteiger partial charge in [0, 0.05) is 31.4 Å². The molecule has 0 bridgehead atoms. The molecule has 0 aliphatic carbocycles. The van der Waals surface area contributed by atoms with Crippen LogP contribution in [0.5, 0.6) is 5.75 Å². The molecular weight excluding hydrogens is 403 g/mol. The summed E-state index contributed by atoms with van der Waals surface area (Å²) in [6, 6.07) is 12.6. The molecule has 7 nitrogen and oxygen atoms in total. The van der Waals surface area contributed by atoms with Crippen molar-refractivity contribution >= 4 is 36.6 Å². The molecule has 28 heavy (non-hydrogen) atoms. The minimum absolute atomic E-state index is 0. The van der Waals surface area contributed by atoms with Gasteiger partial charge in [-0.3, -0.25) is 14.6 Å². The van der Waals surface area contributed by atoms with Gasteiger partial charge in [0.15, 0.2) is 0 Å². The predicted molar refractivity (Wildman–Crippen MR) is 111 cm³/mol. The van der Waals surface area contributed by atoms with E-state index in [0.29, 0.717) is 25.3 Å². The molecule has 0 spiro atoms. The molecule has 2 heterocycles. The summed E-state index contributed by atoms with van der Waals surface area (Å²) in [6.45, 7) is 1.86. The molecule has 152 valence electrons. The number of halogens is 2. The van der Waals surface area contributed by atoms with Crippen molar-refractivity contribution in [3.8, 4) is 5.75 Å². The lowest BCUT2D eigenvalue weighted by molar-refractivity contribution is -0.133. The van der Waals surface area contributed by atoms with Crippen molar-refractivity contribution < 1.29 is 14.3 Å². The maximum Gasteiger partial charge on any atom is 0.270 e. The molecule has 1 aliphatic rings. The fraction of sp³-hybridized carbons (Fsp3) is 0.316. The van der Waals surface area contributed by atoms with Crippen LogP contribution in [-0.4, -0.2) is 55.0 Å². The number of carbonyl (C=O) groups excluding carboxylic acids is 2. The summed E-state index contributed by atoms with van der Waals surface area (Å²) in [5.74, 6) is 0.256.